The molecular weight excluding hydrogens is 222 g/mol. The van der Waals surface area contributed by atoms with E-state index in [0.29, 0.717) is 0 Å². The largest absolute Gasteiger partial charge is 0.501 e. The third-order valence-corrected chi connectivity index (χ3v) is 3.84. The Morgan fingerprint density at radius 2 is 2.00 bits per heavy atom. The number of nitrogens with one attached hydrogen (secondary N) is 1. The van der Waals surface area contributed by atoms with Crippen LogP contribution in [0, 0.1) is 0 Å². The summed E-state index contributed by atoms with van der Waals surface area (Å²) in [5, 5.41) is 3.69. The molecule has 0 unspecified atom stereocenters. The van der Waals surface area contributed by atoms with E-state index in [0.717, 1.165) is 18.7 Å². The third-order valence-electron chi connectivity index (χ3n) is 3.84. The SMILES string of the molecule is COC(C[C@@]1(c2ccccc2)CCCN1)=C(C)C. The Morgan fingerprint density at radius 3 is 2.50 bits per heavy atom. The fraction of sp³-hybridized carbons (Fsp3) is 0.500. The van der Waals surface area contributed by atoms with Crippen molar-refractivity contribution in [3.05, 3.63) is 47.2 Å². The number of hydrogen-bond acceptors (Lipinski definition) is 2. The van der Waals surface area contributed by atoms with E-state index in [-0.39, 0.29) is 5.54 Å². The van der Waals surface area contributed by atoms with Crippen molar-refractivity contribution in [2.45, 2.75) is 38.6 Å². The average molecular weight is 245 g/mol. The Balaban J connectivity index is 2.31. The van der Waals surface area contributed by atoms with Crippen molar-refractivity contribution in [3.8, 4) is 0 Å². The molecule has 1 aliphatic rings. The smallest absolute Gasteiger partial charge is 0.0963 e. The highest BCUT2D eigenvalue weighted by molar-refractivity contribution is 5.28. The molecule has 1 aromatic carbocycles. The lowest BCUT2D eigenvalue weighted by Gasteiger charge is -2.31. The molecule has 2 nitrogen and oxygen atoms in total. The first kappa shape index (κ1) is 13.2. The highest BCUT2D eigenvalue weighted by Crippen LogP contribution is 2.37. The van der Waals surface area contributed by atoms with Crippen molar-refractivity contribution in [2.24, 2.45) is 0 Å². The van der Waals surface area contributed by atoms with Crippen molar-refractivity contribution in [3.63, 3.8) is 0 Å². The van der Waals surface area contributed by atoms with E-state index in [1.165, 1.54) is 24.0 Å². The number of methoxy groups -OCH3 is 1. The van der Waals surface area contributed by atoms with Gasteiger partial charge >= 0.3 is 0 Å². The minimum atomic E-state index is 0.0594. The monoisotopic (exact) mass is 245 g/mol. The second kappa shape index (κ2) is 5.57. The molecule has 1 N–H and O–H groups in total. The molecule has 0 saturated carbocycles. The molecule has 18 heavy (non-hydrogen) atoms. The molecule has 1 fully saturated rings. The van der Waals surface area contributed by atoms with Gasteiger partial charge in [-0.05, 0) is 44.4 Å². The lowest BCUT2D eigenvalue weighted by atomic mass is 9.84. The highest BCUT2D eigenvalue weighted by atomic mass is 16.5. The summed E-state index contributed by atoms with van der Waals surface area (Å²) in [4.78, 5) is 0. The van der Waals surface area contributed by atoms with Crippen molar-refractivity contribution in [1.82, 2.24) is 5.32 Å². The summed E-state index contributed by atoms with van der Waals surface area (Å²) in [6.07, 6.45) is 3.35. The maximum absolute atomic E-state index is 5.56. The van der Waals surface area contributed by atoms with Gasteiger partial charge in [-0.1, -0.05) is 30.3 Å². The number of ether oxygens (including phenoxy) is 1. The van der Waals surface area contributed by atoms with Gasteiger partial charge in [0, 0.05) is 6.42 Å². The summed E-state index contributed by atoms with van der Waals surface area (Å²) in [5.74, 6) is 1.10. The summed E-state index contributed by atoms with van der Waals surface area (Å²) in [7, 11) is 1.77. The quantitative estimate of drug-likeness (QED) is 0.818. The fourth-order valence-corrected chi connectivity index (χ4v) is 2.79. The van der Waals surface area contributed by atoms with Gasteiger partial charge in [0.1, 0.15) is 0 Å². The normalized spacial score (nSPS) is 22.8. The predicted octanol–water partition coefficient (Wildman–Crippen LogP) is 3.60. The van der Waals surface area contributed by atoms with Crippen LogP contribution >= 0.6 is 0 Å². The van der Waals surface area contributed by atoms with Gasteiger partial charge in [0.2, 0.25) is 0 Å². The summed E-state index contributed by atoms with van der Waals surface area (Å²) in [5.41, 5.74) is 2.70. The number of rotatable bonds is 4. The molecule has 2 rings (SSSR count). The topological polar surface area (TPSA) is 21.3 Å². The van der Waals surface area contributed by atoms with Crippen LogP contribution in [0.3, 0.4) is 0 Å². The molecule has 0 spiro atoms. The summed E-state index contributed by atoms with van der Waals surface area (Å²) < 4.78 is 5.56. The van der Waals surface area contributed by atoms with E-state index in [9.17, 15) is 0 Å². The van der Waals surface area contributed by atoms with Crippen LogP contribution in [-0.2, 0) is 10.3 Å². The minimum absolute atomic E-state index is 0.0594. The van der Waals surface area contributed by atoms with Crippen LogP contribution in [-0.4, -0.2) is 13.7 Å². The Morgan fingerprint density at radius 1 is 1.28 bits per heavy atom. The summed E-state index contributed by atoms with van der Waals surface area (Å²) in [6.45, 7) is 5.33. The van der Waals surface area contributed by atoms with E-state index < -0.39 is 0 Å². The molecular formula is C16H23NO. The molecule has 1 aromatic rings. The molecule has 0 bridgehead atoms. The third kappa shape index (κ3) is 2.59. The molecule has 1 atom stereocenters. The lowest BCUT2D eigenvalue weighted by Crippen LogP contribution is -2.37. The van der Waals surface area contributed by atoms with Gasteiger partial charge in [-0.3, -0.25) is 0 Å². The van der Waals surface area contributed by atoms with Crippen molar-refractivity contribution >= 4 is 0 Å². The molecule has 98 valence electrons. The molecule has 0 amide bonds. The van der Waals surface area contributed by atoms with E-state index in [2.05, 4.69) is 49.5 Å². The van der Waals surface area contributed by atoms with Gasteiger partial charge in [-0.15, -0.1) is 0 Å². The van der Waals surface area contributed by atoms with E-state index in [4.69, 9.17) is 4.74 Å². The average Bonchev–Trinajstić information content (AvgIpc) is 2.86. The van der Waals surface area contributed by atoms with Gasteiger partial charge in [-0.2, -0.15) is 0 Å². The summed E-state index contributed by atoms with van der Waals surface area (Å²) >= 11 is 0. The first-order valence-corrected chi connectivity index (χ1v) is 6.69. The Labute approximate surface area is 110 Å². The van der Waals surface area contributed by atoms with Gasteiger partial charge in [0.25, 0.3) is 0 Å². The zero-order valence-electron chi connectivity index (χ0n) is 11.6. The lowest BCUT2D eigenvalue weighted by molar-refractivity contribution is 0.232. The first-order valence-electron chi connectivity index (χ1n) is 6.69. The second-order valence-electron chi connectivity index (χ2n) is 5.28. The molecule has 2 heteroatoms. The van der Waals surface area contributed by atoms with E-state index in [1.54, 1.807) is 7.11 Å². The van der Waals surface area contributed by atoms with Gasteiger partial charge in [0.15, 0.2) is 0 Å². The standard InChI is InChI=1S/C16H23NO/c1-13(2)15(18-3)12-16(10-7-11-17-16)14-8-5-4-6-9-14/h4-6,8-9,17H,7,10-12H2,1-3H3/t16-/m1/s1. The fourth-order valence-electron chi connectivity index (χ4n) is 2.79. The Hall–Kier alpha value is -1.28. The van der Waals surface area contributed by atoms with E-state index in [1.807, 2.05) is 0 Å². The zero-order chi connectivity index (χ0) is 13.0. The maximum atomic E-state index is 5.56. The molecule has 0 aliphatic carbocycles. The van der Waals surface area contributed by atoms with Gasteiger partial charge < -0.3 is 10.1 Å². The number of benzene rings is 1. The Kier molecular flexibility index (Phi) is 4.07. The molecule has 1 heterocycles. The van der Waals surface area contributed by atoms with Crippen LogP contribution < -0.4 is 5.32 Å². The highest BCUT2D eigenvalue weighted by Gasteiger charge is 2.36. The zero-order valence-corrected chi connectivity index (χ0v) is 11.6. The van der Waals surface area contributed by atoms with Gasteiger partial charge in [0.05, 0.1) is 18.4 Å². The number of allylic oxidation sites excluding steroid dienone is 1. The first-order chi connectivity index (χ1) is 8.68. The van der Waals surface area contributed by atoms with Crippen molar-refractivity contribution < 1.29 is 4.74 Å². The molecule has 1 saturated heterocycles. The molecule has 1 aliphatic heterocycles. The van der Waals surface area contributed by atoms with Crippen LogP contribution in [0.1, 0.15) is 38.7 Å². The van der Waals surface area contributed by atoms with Crippen LogP contribution in [0.25, 0.3) is 0 Å². The molecule has 0 radical (unpaired) electrons. The van der Waals surface area contributed by atoms with Crippen LogP contribution in [0.5, 0.6) is 0 Å². The minimum Gasteiger partial charge on any atom is -0.501 e. The molecule has 0 aromatic heterocycles. The predicted molar refractivity (Wildman–Crippen MR) is 75.4 cm³/mol. The second-order valence-corrected chi connectivity index (χ2v) is 5.28. The maximum Gasteiger partial charge on any atom is 0.0963 e. The van der Waals surface area contributed by atoms with Crippen LogP contribution in [0.2, 0.25) is 0 Å². The summed E-state index contributed by atoms with van der Waals surface area (Å²) in [6, 6.07) is 10.7. The Bertz CT molecular complexity index is 412. The van der Waals surface area contributed by atoms with Crippen molar-refractivity contribution in [1.29, 1.82) is 0 Å². The van der Waals surface area contributed by atoms with Gasteiger partial charge in [-0.25, -0.2) is 0 Å². The van der Waals surface area contributed by atoms with Crippen molar-refractivity contribution in [2.75, 3.05) is 13.7 Å². The van der Waals surface area contributed by atoms with E-state index >= 15 is 0 Å². The number of hydrogen-bond donors (Lipinski definition) is 1. The van der Waals surface area contributed by atoms with Crippen LogP contribution in [0.4, 0.5) is 0 Å². The van der Waals surface area contributed by atoms with Crippen LogP contribution in [0.15, 0.2) is 41.7 Å².